The molecule has 4 rings (SSSR count). The van der Waals surface area contributed by atoms with E-state index >= 15 is 0 Å². The van der Waals surface area contributed by atoms with Crippen LogP contribution in [0.1, 0.15) is 12.7 Å². The number of halogens is 1. The van der Waals surface area contributed by atoms with Gasteiger partial charge >= 0.3 is 0 Å². The van der Waals surface area contributed by atoms with Crippen molar-refractivity contribution in [3.05, 3.63) is 46.4 Å². The first kappa shape index (κ1) is 17.6. The summed E-state index contributed by atoms with van der Waals surface area (Å²) in [4.78, 5) is 31.7. The molecule has 0 aromatic carbocycles. The minimum absolute atomic E-state index is 0.277. The van der Waals surface area contributed by atoms with Gasteiger partial charge in [0.05, 0.1) is 11.5 Å². The maximum absolute atomic E-state index is 11.7. The summed E-state index contributed by atoms with van der Waals surface area (Å²) in [5.41, 5.74) is 2.00. The van der Waals surface area contributed by atoms with Crippen LogP contribution in [0.2, 0.25) is 5.02 Å². The zero-order valence-electron chi connectivity index (χ0n) is 14.0. The molecule has 0 unspecified atom stereocenters. The molecular formula is C18H12ClN3O4S. The predicted molar refractivity (Wildman–Crippen MR) is 103 cm³/mol. The third-order valence-corrected chi connectivity index (χ3v) is 4.84. The Morgan fingerprint density at radius 1 is 1.30 bits per heavy atom. The second-order valence-corrected chi connectivity index (χ2v) is 6.97. The van der Waals surface area contributed by atoms with E-state index in [-0.39, 0.29) is 4.91 Å². The van der Waals surface area contributed by atoms with Crippen LogP contribution in [-0.2, 0) is 4.79 Å². The standard InChI is InChI=1S/C18H12ClN3O4S/c1-2-25-17-13(19)4-9(7-21-17)12-8-20-6-10-3-11(26-15(10)12)5-14-16(23)22-18(24)27-14/h3-8H,2H2,1H3,(H,22,23,24). The van der Waals surface area contributed by atoms with Crippen molar-refractivity contribution in [1.82, 2.24) is 15.3 Å². The lowest BCUT2D eigenvalue weighted by Crippen LogP contribution is -2.17. The molecule has 0 spiro atoms. The molecule has 2 amide bonds. The summed E-state index contributed by atoms with van der Waals surface area (Å²) in [6, 6.07) is 3.48. The number of furan rings is 1. The quantitative estimate of drug-likeness (QED) is 0.652. The fraction of sp³-hybridized carbons (Fsp3) is 0.111. The van der Waals surface area contributed by atoms with Crippen molar-refractivity contribution < 1.29 is 18.7 Å². The first-order chi connectivity index (χ1) is 13.0. The highest BCUT2D eigenvalue weighted by molar-refractivity contribution is 8.18. The number of nitrogens with one attached hydrogen (secondary N) is 1. The van der Waals surface area contributed by atoms with E-state index in [1.807, 2.05) is 6.92 Å². The number of amides is 2. The summed E-state index contributed by atoms with van der Waals surface area (Å²) in [7, 11) is 0. The normalized spacial score (nSPS) is 15.6. The van der Waals surface area contributed by atoms with E-state index in [0.717, 1.165) is 22.7 Å². The second-order valence-electron chi connectivity index (χ2n) is 5.55. The number of hydrogen-bond acceptors (Lipinski definition) is 7. The van der Waals surface area contributed by atoms with Crippen molar-refractivity contribution in [1.29, 1.82) is 0 Å². The van der Waals surface area contributed by atoms with Crippen LogP contribution in [0.15, 0.2) is 40.0 Å². The van der Waals surface area contributed by atoms with Gasteiger partial charge in [-0.15, -0.1) is 0 Å². The van der Waals surface area contributed by atoms with Crippen LogP contribution in [0.5, 0.6) is 5.88 Å². The SMILES string of the molecule is CCOc1ncc(-c2cncc3cc(C=C4SC(=O)NC4=O)oc23)cc1Cl. The monoisotopic (exact) mass is 401 g/mol. The molecule has 1 fully saturated rings. The summed E-state index contributed by atoms with van der Waals surface area (Å²) in [5.74, 6) is 0.366. The average molecular weight is 402 g/mol. The van der Waals surface area contributed by atoms with Gasteiger partial charge in [-0.1, -0.05) is 11.6 Å². The number of carbonyl (C=O) groups is 2. The lowest BCUT2D eigenvalue weighted by molar-refractivity contribution is -0.115. The molecule has 27 heavy (non-hydrogen) atoms. The van der Waals surface area contributed by atoms with Crippen LogP contribution in [0, 0.1) is 0 Å². The first-order valence-corrected chi connectivity index (χ1v) is 9.15. The topological polar surface area (TPSA) is 94.3 Å². The van der Waals surface area contributed by atoms with Gasteiger partial charge in [-0.05, 0) is 30.8 Å². The maximum atomic E-state index is 11.7. The number of thioether (sulfide) groups is 1. The van der Waals surface area contributed by atoms with Crippen LogP contribution < -0.4 is 10.1 Å². The smallest absolute Gasteiger partial charge is 0.290 e. The molecule has 136 valence electrons. The van der Waals surface area contributed by atoms with Gasteiger partial charge in [-0.3, -0.25) is 19.9 Å². The van der Waals surface area contributed by atoms with Gasteiger partial charge in [0.2, 0.25) is 5.88 Å². The molecule has 1 aliphatic rings. The molecule has 0 atom stereocenters. The van der Waals surface area contributed by atoms with Crippen molar-refractivity contribution in [3.8, 4) is 17.0 Å². The number of hydrogen-bond donors (Lipinski definition) is 1. The van der Waals surface area contributed by atoms with E-state index in [0.29, 0.717) is 34.4 Å². The Balaban J connectivity index is 1.76. The maximum Gasteiger partial charge on any atom is 0.290 e. The summed E-state index contributed by atoms with van der Waals surface area (Å²) >= 11 is 7.06. The number of rotatable bonds is 4. The second kappa shape index (κ2) is 7.05. The van der Waals surface area contributed by atoms with Crippen molar-refractivity contribution >= 4 is 51.6 Å². The highest BCUT2D eigenvalue weighted by atomic mass is 35.5. The molecule has 0 saturated carbocycles. The minimum atomic E-state index is -0.439. The number of aromatic nitrogens is 2. The fourth-order valence-corrected chi connectivity index (χ4v) is 3.51. The van der Waals surface area contributed by atoms with Gasteiger partial charge in [0.25, 0.3) is 11.1 Å². The van der Waals surface area contributed by atoms with Gasteiger partial charge in [-0.25, -0.2) is 4.98 Å². The third kappa shape index (κ3) is 3.41. The number of imide groups is 1. The molecule has 1 aliphatic heterocycles. The molecule has 3 aromatic rings. The van der Waals surface area contributed by atoms with E-state index in [1.54, 1.807) is 30.7 Å². The Morgan fingerprint density at radius 3 is 2.85 bits per heavy atom. The number of pyridine rings is 2. The van der Waals surface area contributed by atoms with Crippen molar-refractivity contribution in [3.63, 3.8) is 0 Å². The van der Waals surface area contributed by atoms with E-state index < -0.39 is 11.1 Å². The zero-order chi connectivity index (χ0) is 19.0. The molecule has 1 N–H and O–H groups in total. The Kier molecular flexibility index (Phi) is 4.59. The summed E-state index contributed by atoms with van der Waals surface area (Å²) in [6.45, 7) is 2.32. The number of nitrogens with zero attached hydrogens (tertiary/aromatic N) is 2. The minimum Gasteiger partial charge on any atom is -0.477 e. The fourth-order valence-electron chi connectivity index (χ4n) is 2.62. The van der Waals surface area contributed by atoms with Gasteiger partial charge < -0.3 is 9.15 Å². The Morgan fingerprint density at radius 2 is 2.15 bits per heavy atom. The number of fused-ring (bicyclic) bond motifs is 1. The van der Waals surface area contributed by atoms with Crippen molar-refractivity contribution in [2.45, 2.75) is 6.92 Å². The summed E-state index contributed by atoms with van der Waals surface area (Å²) < 4.78 is 11.2. The van der Waals surface area contributed by atoms with E-state index in [1.165, 1.54) is 6.08 Å². The Labute approximate surface area is 162 Å². The van der Waals surface area contributed by atoms with Crippen molar-refractivity contribution in [2.75, 3.05) is 6.61 Å². The number of ether oxygens (including phenoxy) is 1. The molecule has 7 nitrogen and oxygen atoms in total. The molecule has 0 radical (unpaired) electrons. The van der Waals surface area contributed by atoms with Gasteiger partial charge in [0.15, 0.2) is 0 Å². The largest absolute Gasteiger partial charge is 0.477 e. The van der Waals surface area contributed by atoms with E-state index in [4.69, 9.17) is 20.8 Å². The molecule has 9 heteroatoms. The van der Waals surface area contributed by atoms with Crippen LogP contribution in [0.3, 0.4) is 0 Å². The van der Waals surface area contributed by atoms with Gasteiger partial charge in [-0.2, -0.15) is 0 Å². The number of carbonyl (C=O) groups excluding carboxylic acids is 2. The first-order valence-electron chi connectivity index (χ1n) is 7.96. The molecule has 4 heterocycles. The summed E-state index contributed by atoms with van der Waals surface area (Å²) in [5, 5.41) is 2.94. The Hall–Kier alpha value is -2.84. The van der Waals surface area contributed by atoms with Crippen LogP contribution in [0.4, 0.5) is 4.79 Å². The molecule has 3 aromatic heterocycles. The average Bonchev–Trinajstić information content (AvgIpc) is 3.19. The zero-order valence-corrected chi connectivity index (χ0v) is 15.6. The predicted octanol–water partition coefficient (Wildman–Crippen LogP) is 4.27. The van der Waals surface area contributed by atoms with E-state index in [2.05, 4.69) is 15.3 Å². The summed E-state index contributed by atoms with van der Waals surface area (Å²) in [6.07, 6.45) is 6.46. The van der Waals surface area contributed by atoms with E-state index in [9.17, 15) is 9.59 Å². The van der Waals surface area contributed by atoms with Crippen LogP contribution in [0.25, 0.3) is 28.2 Å². The van der Waals surface area contributed by atoms with Crippen LogP contribution in [-0.4, -0.2) is 27.7 Å². The highest BCUT2D eigenvalue weighted by Gasteiger charge is 2.25. The Bertz CT molecular complexity index is 1110. The molecule has 0 bridgehead atoms. The van der Waals surface area contributed by atoms with Crippen molar-refractivity contribution in [2.24, 2.45) is 0 Å². The third-order valence-electron chi connectivity index (χ3n) is 3.76. The molecule has 1 saturated heterocycles. The van der Waals surface area contributed by atoms with Gasteiger partial charge in [0, 0.05) is 41.2 Å². The lowest BCUT2D eigenvalue weighted by atomic mass is 10.1. The lowest BCUT2D eigenvalue weighted by Gasteiger charge is -2.07. The van der Waals surface area contributed by atoms with Crippen LogP contribution >= 0.6 is 23.4 Å². The van der Waals surface area contributed by atoms with Gasteiger partial charge in [0.1, 0.15) is 16.4 Å². The molecule has 0 aliphatic carbocycles. The molecular weight excluding hydrogens is 390 g/mol. The highest BCUT2D eigenvalue weighted by Crippen LogP contribution is 2.34.